The van der Waals surface area contributed by atoms with Crippen LogP contribution in [0, 0.1) is 11.7 Å². The minimum Gasteiger partial charge on any atom is -0.508 e. The third-order valence-corrected chi connectivity index (χ3v) is 4.70. The third kappa shape index (κ3) is 4.25. The maximum Gasteiger partial charge on any atom is 0.123 e. The molecule has 1 saturated carbocycles. The van der Waals surface area contributed by atoms with Gasteiger partial charge in [0.15, 0.2) is 0 Å². The van der Waals surface area contributed by atoms with Crippen LogP contribution >= 0.6 is 24.8 Å². The fourth-order valence-electron chi connectivity index (χ4n) is 3.74. The monoisotopic (exact) mass is 350 g/mol. The van der Waals surface area contributed by atoms with Crippen LogP contribution in [0.15, 0.2) is 18.2 Å². The summed E-state index contributed by atoms with van der Waals surface area (Å²) in [6.45, 7) is 3.88. The van der Waals surface area contributed by atoms with E-state index >= 15 is 0 Å². The molecule has 2 fully saturated rings. The molecule has 0 radical (unpaired) electrons. The Kier molecular flexibility index (Phi) is 7.90. The maximum absolute atomic E-state index is 13.6. The lowest BCUT2D eigenvalue weighted by Crippen LogP contribution is -2.46. The first-order valence-corrected chi connectivity index (χ1v) is 7.69. The van der Waals surface area contributed by atoms with Gasteiger partial charge in [-0.05, 0) is 37.0 Å². The lowest BCUT2D eigenvalue weighted by atomic mass is 9.89. The van der Waals surface area contributed by atoms with Gasteiger partial charge in [0, 0.05) is 37.8 Å². The first-order chi connectivity index (χ1) is 9.75. The van der Waals surface area contributed by atoms with E-state index in [2.05, 4.69) is 10.2 Å². The molecular formula is C16H25Cl2FN2O. The van der Waals surface area contributed by atoms with Crippen LogP contribution in [0.2, 0.25) is 0 Å². The number of phenols is 1. The Morgan fingerprint density at radius 3 is 2.41 bits per heavy atom. The van der Waals surface area contributed by atoms with Gasteiger partial charge >= 0.3 is 0 Å². The van der Waals surface area contributed by atoms with Crippen molar-refractivity contribution in [3.05, 3.63) is 29.6 Å². The zero-order valence-corrected chi connectivity index (χ0v) is 14.3. The summed E-state index contributed by atoms with van der Waals surface area (Å²) in [7, 11) is 0. The quantitative estimate of drug-likeness (QED) is 0.875. The average Bonchev–Trinajstić information content (AvgIpc) is 2.98. The van der Waals surface area contributed by atoms with Gasteiger partial charge in [0.2, 0.25) is 0 Å². The van der Waals surface area contributed by atoms with Gasteiger partial charge in [-0.3, -0.25) is 4.90 Å². The molecule has 2 N–H and O–H groups in total. The van der Waals surface area contributed by atoms with Crippen LogP contribution in [-0.2, 0) is 0 Å². The van der Waals surface area contributed by atoms with Crippen molar-refractivity contribution < 1.29 is 9.50 Å². The minimum absolute atomic E-state index is 0. The summed E-state index contributed by atoms with van der Waals surface area (Å²) in [5.74, 6) is 0.526. The zero-order valence-electron chi connectivity index (χ0n) is 12.6. The smallest absolute Gasteiger partial charge is 0.123 e. The SMILES string of the molecule is Cl.Cl.Oc1ccc(F)cc1[C@H](C1CCCC1)N1CCNCC1. The topological polar surface area (TPSA) is 35.5 Å². The van der Waals surface area contributed by atoms with Crippen molar-refractivity contribution in [2.24, 2.45) is 5.92 Å². The molecule has 3 rings (SSSR count). The number of hydrogen-bond acceptors (Lipinski definition) is 3. The average molecular weight is 351 g/mol. The molecule has 126 valence electrons. The molecule has 1 aromatic carbocycles. The van der Waals surface area contributed by atoms with Crippen LogP contribution in [0.3, 0.4) is 0 Å². The van der Waals surface area contributed by atoms with Gasteiger partial charge in [-0.25, -0.2) is 4.39 Å². The van der Waals surface area contributed by atoms with Crippen molar-refractivity contribution in [1.29, 1.82) is 0 Å². The van der Waals surface area contributed by atoms with Gasteiger partial charge in [0.25, 0.3) is 0 Å². The lowest BCUT2D eigenvalue weighted by molar-refractivity contribution is 0.123. The highest BCUT2D eigenvalue weighted by molar-refractivity contribution is 5.85. The summed E-state index contributed by atoms with van der Waals surface area (Å²) in [5.41, 5.74) is 0.777. The number of nitrogens with one attached hydrogen (secondary N) is 1. The van der Waals surface area contributed by atoms with Crippen molar-refractivity contribution in [3.8, 4) is 5.75 Å². The fraction of sp³-hybridized carbons (Fsp3) is 0.625. The second-order valence-corrected chi connectivity index (χ2v) is 5.98. The molecule has 2 aliphatic rings. The molecule has 1 aliphatic carbocycles. The van der Waals surface area contributed by atoms with Crippen molar-refractivity contribution in [2.45, 2.75) is 31.7 Å². The Morgan fingerprint density at radius 2 is 1.77 bits per heavy atom. The summed E-state index contributed by atoms with van der Waals surface area (Å²) in [6.07, 6.45) is 4.88. The molecule has 3 nitrogen and oxygen atoms in total. The normalized spacial score (nSPS) is 21.0. The van der Waals surface area contributed by atoms with Crippen molar-refractivity contribution in [1.82, 2.24) is 10.2 Å². The Labute approximate surface area is 144 Å². The molecule has 0 spiro atoms. The predicted molar refractivity (Wildman–Crippen MR) is 91.7 cm³/mol. The van der Waals surface area contributed by atoms with Crippen molar-refractivity contribution >= 4 is 24.8 Å². The molecule has 1 aliphatic heterocycles. The number of nitrogens with zero attached hydrogens (tertiary/aromatic N) is 1. The second-order valence-electron chi connectivity index (χ2n) is 5.98. The molecule has 0 bridgehead atoms. The standard InChI is InChI=1S/C16H23FN2O.2ClH/c17-13-5-6-15(20)14(11-13)16(12-3-1-2-4-12)19-9-7-18-8-10-19;;/h5-6,11-12,16,18,20H,1-4,7-10H2;2*1H/t16-;;/m0../s1. The van der Waals surface area contributed by atoms with E-state index in [1.807, 2.05) is 0 Å². The second kappa shape index (κ2) is 8.92. The van der Waals surface area contributed by atoms with E-state index in [0.717, 1.165) is 31.7 Å². The highest BCUT2D eigenvalue weighted by Crippen LogP contribution is 2.42. The number of rotatable bonds is 3. The Morgan fingerprint density at radius 1 is 1.14 bits per heavy atom. The van der Waals surface area contributed by atoms with Gasteiger partial charge in [0.1, 0.15) is 11.6 Å². The molecule has 0 unspecified atom stereocenters. The van der Waals surface area contributed by atoms with E-state index in [4.69, 9.17) is 0 Å². The third-order valence-electron chi connectivity index (χ3n) is 4.70. The van der Waals surface area contributed by atoms with E-state index in [0.29, 0.717) is 5.92 Å². The maximum atomic E-state index is 13.6. The highest BCUT2D eigenvalue weighted by atomic mass is 35.5. The number of benzene rings is 1. The molecule has 1 aromatic rings. The largest absolute Gasteiger partial charge is 0.508 e. The zero-order chi connectivity index (χ0) is 13.9. The van der Waals surface area contributed by atoms with Crippen molar-refractivity contribution in [2.75, 3.05) is 26.2 Å². The first kappa shape index (κ1) is 19.5. The number of halogens is 3. The van der Waals surface area contributed by atoms with Gasteiger partial charge in [-0.15, -0.1) is 24.8 Å². The van der Waals surface area contributed by atoms with Gasteiger partial charge in [-0.2, -0.15) is 0 Å². The van der Waals surface area contributed by atoms with E-state index < -0.39 is 0 Å². The highest BCUT2D eigenvalue weighted by Gasteiger charge is 2.33. The molecule has 1 atom stereocenters. The Balaban J connectivity index is 0.00000121. The summed E-state index contributed by atoms with van der Waals surface area (Å²) >= 11 is 0. The van der Waals surface area contributed by atoms with Crippen LogP contribution < -0.4 is 5.32 Å². The molecule has 22 heavy (non-hydrogen) atoms. The number of aromatic hydroxyl groups is 1. The van der Waals surface area contributed by atoms with Crippen LogP contribution in [0.1, 0.15) is 37.3 Å². The predicted octanol–water partition coefficient (Wildman–Crippen LogP) is 3.51. The van der Waals surface area contributed by atoms with E-state index in [-0.39, 0.29) is 42.4 Å². The van der Waals surface area contributed by atoms with Gasteiger partial charge in [0.05, 0.1) is 0 Å². The molecule has 0 aromatic heterocycles. The van der Waals surface area contributed by atoms with Crippen LogP contribution in [0.25, 0.3) is 0 Å². The van der Waals surface area contributed by atoms with Gasteiger partial charge in [-0.1, -0.05) is 12.8 Å². The van der Waals surface area contributed by atoms with Crippen LogP contribution in [0.4, 0.5) is 4.39 Å². The van der Waals surface area contributed by atoms with Gasteiger partial charge < -0.3 is 10.4 Å². The number of hydrogen-bond donors (Lipinski definition) is 2. The lowest BCUT2D eigenvalue weighted by Gasteiger charge is -2.38. The van der Waals surface area contributed by atoms with E-state index in [1.54, 1.807) is 0 Å². The van der Waals surface area contributed by atoms with E-state index in [1.165, 1.54) is 43.9 Å². The van der Waals surface area contributed by atoms with Crippen molar-refractivity contribution in [3.63, 3.8) is 0 Å². The van der Waals surface area contributed by atoms with Crippen LogP contribution in [-0.4, -0.2) is 36.2 Å². The summed E-state index contributed by atoms with van der Waals surface area (Å²) in [4.78, 5) is 2.42. The molecule has 6 heteroatoms. The number of phenolic OH excluding ortho intramolecular Hbond substituents is 1. The summed E-state index contributed by atoms with van der Waals surface area (Å²) < 4.78 is 13.6. The number of piperazine rings is 1. The molecule has 1 saturated heterocycles. The molecule has 0 amide bonds. The van der Waals surface area contributed by atoms with E-state index in [9.17, 15) is 9.50 Å². The Hall–Kier alpha value is -0.550. The Bertz CT molecular complexity index is 463. The summed E-state index contributed by atoms with van der Waals surface area (Å²) in [5, 5.41) is 13.5. The fourth-order valence-corrected chi connectivity index (χ4v) is 3.74. The molecular weight excluding hydrogens is 326 g/mol. The summed E-state index contributed by atoms with van der Waals surface area (Å²) in [6, 6.07) is 4.52. The first-order valence-electron chi connectivity index (χ1n) is 7.69. The molecule has 1 heterocycles. The van der Waals surface area contributed by atoms with Crippen LogP contribution in [0.5, 0.6) is 5.75 Å². The minimum atomic E-state index is -0.254.